The number of carbonyl (C=O) groups excluding carboxylic acids is 1. The Labute approximate surface area is 116 Å². The van der Waals surface area contributed by atoms with Crippen LogP contribution in [0.15, 0.2) is 47.3 Å². The van der Waals surface area contributed by atoms with Crippen molar-refractivity contribution >= 4 is 5.91 Å². The molecule has 1 aliphatic rings. The van der Waals surface area contributed by atoms with Crippen LogP contribution in [0.3, 0.4) is 0 Å². The first-order chi connectivity index (χ1) is 9.65. The van der Waals surface area contributed by atoms with Gasteiger partial charge in [-0.3, -0.25) is 9.59 Å². The predicted octanol–water partition coefficient (Wildman–Crippen LogP) is 1.97. The van der Waals surface area contributed by atoms with Crippen molar-refractivity contribution in [3.63, 3.8) is 0 Å². The fraction of sp³-hybridized carbons (Fsp3) is 0.250. The van der Waals surface area contributed by atoms with Crippen LogP contribution in [0.2, 0.25) is 0 Å². The number of rotatable bonds is 3. The van der Waals surface area contributed by atoms with Crippen LogP contribution >= 0.6 is 0 Å². The first-order valence-corrected chi connectivity index (χ1v) is 6.71. The molecule has 2 aromatic rings. The van der Waals surface area contributed by atoms with Crippen molar-refractivity contribution in [3.8, 4) is 0 Å². The van der Waals surface area contributed by atoms with Crippen LogP contribution in [-0.4, -0.2) is 16.9 Å². The molecule has 2 unspecified atom stereocenters. The van der Waals surface area contributed by atoms with Crippen LogP contribution in [-0.2, 0) is 0 Å². The first kappa shape index (κ1) is 12.7. The van der Waals surface area contributed by atoms with Gasteiger partial charge in [-0.25, -0.2) is 0 Å². The maximum absolute atomic E-state index is 12.1. The Morgan fingerprint density at radius 2 is 1.95 bits per heavy atom. The minimum absolute atomic E-state index is 0.130. The van der Waals surface area contributed by atoms with Crippen LogP contribution in [0.25, 0.3) is 0 Å². The van der Waals surface area contributed by atoms with E-state index in [0.29, 0.717) is 5.92 Å². The second-order valence-corrected chi connectivity index (χ2v) is 5.22. The molecule has 1 aliphatic carbocycles. The Kier molecular flexibility index (Phi) is 3.14. The number of benzene rings is 1. The molecule has 0 spiro atoms. The van der Waals surface area contributed by atoms with Crippen LogP contribution in [0.5, 0.6) is 0 Å². The number of H-pyrrole nitrogens is 1. The number of pyridine rings is 1. The first-order valence-electron chi connectivity index (χ1n) is 6.71. The van der Waals surface area contributed by atoms with Gasteiger partial charge in [0.25, 0.3) is 11.5 Å². The van der Waals surface area contributed by atoms with E-state index in [9.17, 15) is 9.59 Å². The van der Waals surface area contributed by atoms with E-state index in [0.717, 1.165) is 12.1 Å². The summed E-state index contributed by atoms with van der Waals surface area (Å²) >= 11 is 0. The lowest BCUT2D eigenvalue weighted by Gasteiger charge is -2.05. The standard InChI is InChI=1S/C16H16N2O2/c1-10-7-8-12(15(19)17-10)16(20)18-14-9-13(14)11-5-3-2-4-6-11/h2-8,13-14H,9H2,1H3,(H,17,19)(H,18,20). The number of nitrogens with one attached hydrogen (secondary N) is 2. The summed E-state index contributed by atoms with van der Waals surface area (Å²) in [7, 11) is 0. The van der Waals surface area contributed by atoms with E-state index in [1.807, 2.05) is 18.2 Å². The van der Waals surface area contributed by atoms with Crippen LogP contribution in [0.1, 0.15) is 34.0 Å². The molecule has 20 heavy (non-hydrogen) atoms. The molecule has 0 bridgehead atoms. The van der Waals surface area contributed by atoms with E-state index in [1.54, 1.807) is 19.1 Å². The number of aromatic nitrogens is 1. The fourth-order valence-electron chi connectivity index (χ4n) is 2.42. The summed E-state index contributed by atoms with van der Waals surface area (Å²) in [5.41, 5.74) is 1.82. The highest BCUT2D eigenvalue weighted by Gasteiger charge is 2.39. The molecule has 1 aromatic carbocycles. The normalized spacial score (nSPS) is 20.4. The molecular weight excluding hydrogens is 252 g/mol. The van der Waals surface area contributed by atoms with Gasteiger partial charge in [0.2, 0.25) is 0 Å². The van der Waals surface area contributed by atoms with Gasteiger partial charge in [0.05, 0.1) is 0 Å². The van der Waals surface area contributed by atoms with Crippen molar-refractivity contribution < 1.29 is 4.79 Å². The van der Waals surface area contributed by atoms with Crippen molar-refractivity contribution in [2.24, 2.45) is 0 Å². The molecule has 1 aromatic heterocycles. The summed E-state index contributed by atoms with van der Waals surface area (Å²) in [5.74, 6) is 0.0689. The predicted molar refractivity (Wildman–Crippen MR) is 76.9 cm³/mol. The van der Waals surface area contributed by atoms with Gasteiger partial charge in [0.1, 0.15) is 5.56 Å². The summed E-state index contributed by atoms with van der Waals surface area (Å²) in [6, 6.07) is 13.5. The molecule has 2 N–H and O–H groups in total. The Bertz CT molecular complexity index is 691. The van der Waals surface area contributed by atoms with Gasteiger partial charge in [-0.05, 0) is 31.0 Å². The summed E-state index contributed by atoms with van der Waals surface area (Å²) in [4.78, 5) is 26.4. The summed E-state index contributed by atoms with van der Waals surface area (Å²) in [6.45, 7) is 1.79. The van der Waals surface area contributed by atoms with E-state index >= 15 is 0 Å². The lowest BCUT2D eigenvalue weighted by Crippen LogP contribution is -2.31. The third-order valence-corrected chi connectivity index (χ3v) is 3.63. The van der Waals surface area contributed by atoms with Crippen molar-refractivity contribution in [1.29, 1.82) is 0 Å². The van der Waals surface area contributed by atoms with Gasteiger partial charge in [0.15, 0.2) is 0 Å². The van der Waals surface area contributed by atoms with Crippen molar-refractivity contribution in [2.45, 2.75) is 25.3 Å². The van der Waals surface area contributed by atoms with E-state index in [1.165, 1.54) is 5.56 Å². The molecule has 4 heteroatoms. The van der Waals surface area contributed by atoms with Crippen LogP contribution in [0.4, 0.5) is 0 Å². The monoisotopic (exact) mass is 268 g/mol. The SMILES string of the molecule is Cc1ccc(C(=O)NC2CC2c2ccccc2)c(=O)[nH]1. The molecule has 3 rings (SSSR count). The van der Waals surface area contributed by atoms with Gasteiger partial charge in [0, 0.05) is 17.7 Å². The highest BCUT2D eigenvalue weighted by atomic mass is 16.2. The number of amides is 1. The van der Waals surface area contributed by atoms with Crippen molar-refractivity contribution in [3.05, 3.63) is 69.6 Å². The van der Waals surface area contributed by atoms with Crippen molar-refractivity contribution in [2.75, 3.05) is 0 Å². The molecule has 4 nitrogen and oxygen atoms in total. The molecule has 0 aliphatic heterocycles. The zero-order chi connectivity index (χ0) is 14.1. The summed E-state index contributed by atoms with van der Waals surface area (Å²) < 4.78 is 0. The zero-order valence-corrected chi connectivity index (χ0v) is 11.2. The average molecular weight is 268 g/mol. The number of hydrogen-bond acceptors (Lipinski definition) is 2. The third-order valence-electron chi connectivity index (χ3n) is 3.63. The molecule has 1 fully saturated rings. The lowest BCUT2D eigenvalue weighted by atomic mass is 10.1. The van der Waals surface area contributed by atoms with Gasteiger partial charge < -0.3 is 10.3 Å². The van der Waals surface area contributed by atoms with Crippen LogP contribution < -0.4 is 10.9 Å². The average Bonchev–Trinajstić information content (AvgIpc) is 3.18. The molecule has 1 heterocycles. The fourth-order valence-corrected chi connectivity index (χ4v) is 2.42. The number of carbonyl (C=O) groups is 1. The number of hydrogen-bond donors (Lipinski definition) is 2. The highest BCUT2D eigenvalue weighted by Crippen LogP contribution is 2.40. The maximum Gasteiger partial charge on any atom is 0.260 e. The molecule has 1 saturated carbocycles. The van der Waals surface area contributed by atoms with E-state index in [-0.39, 0.29) is 23.1 Å². The molecular formula is C16H16N2O2. The quantitative estimate of drug-likeness (QED) is 0.894. The van der Waals surface area contributed by atoms with Gasteiger partial charge in [-0.15, -0.1) is 0 Å². The van der Waals surface area contributed by atoms with E-state index in [4.69, 9.17) is 0 Å². The summed E-state index contributed by atoms with van der Waals surface area (Å²) in [6.07, 6.45) is 0.930. The van der Waals surface area contributed by atoms with Crippen LogP contribution in [0, 0.1) is 6.92 Å². The Balaban J connectivity index is 1.68. The third kappa shape index (κ3) is 2.50. The molecule has 1 amide bonds. The van der Waals surface area contributed by atoms with Gasteiger partial charge >= 0.3 is 0 Å². The Morgan fingerprint density at radius 3 is 2.65 bits per heavy atom. The minimum atomic E-state index is -0.334. The minimum Gasteiger partial charge on any atom is -0.348 e. The zero-order valence-electron chi connectivity index (χ0n) is 11.2. The van der Waals surface area contributed by atoms with Gasteiger partial charge in [-0.1, -0.05) is 30.3 Å². The molecule has 0 radical (unpaired) electrons. The number of aryl methyl sites for hydroxylation is 1. The Hall–Kier alpha value is -2.36. The smallest absolute Gasteiger partial charge is 0.260 e. The van der Waals surface area contributed by atoms with Gasteiger partial charge in [-0.2, -0.15) is 0 Å². The molecule has 102 valence electrons. The van der Waals surface area contributed by atoms with E-state index in [2.05, 4.69) is 22.4 Å². The van der Waals surface area contributed by atoms with Crippen molar-refractivity contribution in [1.82, 2.24) is 10.3 Å². The molecule has 2 atom stereocenters. The molecule has 0 saturated heterocycles. The maximum atomic E-state index is 12.1. The second kappa shape index (κ2) is 4.96. The summed E-state index contributed by atoms with van der Waals surface area (Å²) in [5, 5.41) is 2.92. The lowest BCUT2D eigenvalue weighted by molar-refractivity contribution is 0.0949. The second-order valence-electron chi connectivity index (χ2n) is 5.22. The highest BCUT2D eigenvalue weighted by molar-refractivity contribution is 5.94. The largest absolute Gasteiger partial charge is 0.348 e. The van der Waals surface area contributed by atoms with E-state index < -0.39 is 0 Å². The Morgan fingerprint density at radius 1 is 1.20 bits per heavy atom. The number of aromatic amines is 1. The topological polar surface area (TPSA) is 62.0 Å².